The minimum Gasteiger partial charge on any atom is -0.325 e. The average molecular weight is 328 g/mol. The van der Waals surface area contributed by atoms with Gasteiger partial charge in [-0.25, -0.2) is 0 Å². The summed E-state index contributed by atoms with van der Waals surface area (Å²) in [4.78, 5) is 11.8. The number of anilines is 1. The Labute approximate surface area is 130 Å². The first-order valence-electron chi connectivity index (χ1n) is 6.57. The van der Waals surface area contributed by atoms with Crippen LogP contribution >= 0.6 is 11.6 Å². The maximum atomic E-state index is 12.8. The van der Waals surface area contributed by atoms with Gasteiger partial charge in [0.1, 0.15) is 0 Å². The zero-order valence-electron chi connectivity index (χ0n) is 11.5. The number of carbonyl (C=O) groups is 1. The Balaban J connectivity index is 2.01. The number of amides is 1. The Morgan fingerprint density at radius 2 is 1.82 bits per heavy atom. The van der Waals surface area contributed by atoms with Gasteiger partial charge in [0, 0.05) is 11.4 Å². The van der Waals surface area contributed by atoms with Gasteiger partial charge in [-0.05, 0) is 36.2 Å². The summed E-state index contributed by atoms with van der Waals surface area (Å²) in [6.45, 7) is 0. The van der Waals surface area contributed by atoms with Crippen molar-refractivity contribution in [2.45, 2.75) is 19.0 Å². The normalized spacial score (nSPS) is 11.3. The van der Waals surface area contributed by atoms with E-state index in [0.29, 0.717) is 11.4 Å². The molecule has 0 aliphatic heterocycles. The SMILES string of the molecule is O=C(CCc1cccc(Cl)c1)Nc1ccccc1C(F)(F)F. The summed E-state index contributed by atoms with van der Waals surface area (Å²) in [5, 5.41) is 2.87. The Kier molecular flexibility index (Phi) is 5.08. The minimum atomic E-state index is -4.50. The van der Waals surface area contributed by atoms with Crippen LogP contribution < -0.4 is 5.32 Å². The van der Waals surface area contributed by atoms with Crippen molar-refractivity contribution < 1.29 is 18.0 Å². The van der Waals surface area contributed by atoms with E-state index in [0.717, 1.165) is 11.6 Å². The lowest BCUT2D eigenvalue weighted by molar-refractivity contribution is -0.137. The lowest BCUT2D eigenvalue weighted by Crippen LogP contribution is -2.16. The number of hydrogen-bond acceptors (Lipinski definition) is 1. The number of nitrogens with one attached hydrogen (secondary N) is 1. The van der Waals surface area contributed by atoms with E-state index < -0.39 is 17.6 Å². The van der Waals surface area contributed by atoms with Gasteiger partial charge < -0.3 is 5.32 Å². The molecule has 2 aromatic rings. The second kappa shape index (κ2) is 6.83. The molecule has 2 nitrogen and oxygen atoms in total. The molecule has 2 rings (SSSR count). The quantitative estimate of drug-likeness (QED) is 0.847. The van der Waals surface area contributed by atoms with E-state index in [4.69, 9.17) is 11.6 Å². The third-order valence-electron chi connectivity index (χ3n) is 3.04. The number of aryl methyl sites for hydroxylation is 1. The molecule has 0 radical (unpaired) electrons. The Hall–Kier alpha value is -2.01. The summed E-state index contributed by atoms with van der Waals surface area (Å²) < 4.78 is 38.5. The van der Waals surface area contributed by atoms with Crippen LogP contribution in [0.25, 0.3) is 0 Å². The van der Waals surface area contributed by atoms with E-state index in [9.17, 15) is 18.0 Å². The van der Waals surface area contributed by atoms with Crippen molar-refractivity contribution in [3.63, 3.8) is 0 Å². The van der Waals surface area contributed by atoms with Crippen LogP contribution in [0.3, 0.4) is 0 Å². The van der Waals surface area contributed by atoms with Gasteiger partial charge in [0.2, 0.25) is 5.91 Å². The van der Waals surface area contributed by atoms with Crippen molar-refractivity contribution in [1.29, 1.82) is 0 Å². The zero-order valence-corrected chi connectivity index (χ0v) is 12.2. The van der Waals surface area contributed by atoms with E-state index in [1.165, 1.54) is 18.2 Å². The van der Waals surface area contributed by atoms with Gasteiger partial charge in [-0.3, -0.25) is 4.79 Å². The fourth-order valence-electron chi connectivity index (χ4n) is 2.00. The Bertz CT molecular complexity index is 670. The number of halogens is 4. The average Bonchev–Trinajstić information content (AvgIpc) is 2.45. The first-order chi connectivity index (χ1) is 10.4. The summed E-state index contributed by atoms with van der Waals surface area (Å²) in [7, 11) is 0. The van der Waals surface area contributed by atoms with Crippen molar-refractivity contribution in [3.8, 4) is 0 Å². The molecule has 0 saturated heterocycles. The molecule has 0 aromatic heterocycles. The molecule has 0 unspecified atom stereocenters. The second-order valence-electron chi connectivity index (χ2n) is 4.72. The van der Waals surface area contributed by atoms with Crippen LogP contribution in [0, 0.1) is 0 Å². The smallest absolute Gasteiger partial charge is 0.325 e. The van der Waals surface area contributed by atoms with Crippen LogP contribution in [0.4, 0.5) is 18.9 Å². The molecule has 22 heavy (non-hydrogen) atoms. The lowest BCUT2D eigenvalue weighted by Gasteiger charge is -2.13. The van der Waals surface area contributed by atoms with Crippen LogP contribution in [0.15, 0.2) is 48.5 Å². The van der Waals surface area contributed by atoms with E-state index in [-0.39, 0.29) is 12.1 Å². The van der Waals surface area contributed by atoms with E-state index in [1.54, 1.807) is 18.2 Å². The highest BCUT2D eigenvalue weighted by atomic mass is 35.5. The molecule has 0 aliphatic rings. The molecule has 6 heteroatoms. The van der Waals surface area contributed by atoms with Gasteiger partial charge in [-0.15, -0.1) is 0 Å². The molecular weight excluding hydrogens is 315 g/mol. The zero-order chi connectivity index (χ0) is 16.2. The number of benzene rings is 2. The van der Waals surface area contributed by atoms with Crippen molar-refractivity contribution in [3.05, 3.63) is 64.7 Å². The van der Waals surface area contributed by atoms with Crippen LogP contribution in [0.2, 0.25) is 5.02 Å². The van der Waals surface area contributed by atoms with Crippen LogP contribution in [0.1, 0.15) is 17.5 Å². The Morgan fingerprint density at radius 3 is 2.50 bits per heavy atom. The predicted octanol–water partition coefficient (Wildman–Crippen LogP) is 4.93. The standard InChI is InChI=1S/C16H13ClF3NO/c17-12-5-3-4-11(10-12)8-9-15(22)21-14-7-2-1-6-13(14)16(18,19)20/h1-7,10H,8-9H2,(H,21,22). The van der Waals surface area contributed by atoms with Crippen molar-refractivity contribution in [2.75, 3.05) is 5.32 Å². The molecule has 0 spiro atoms. The first kappa shape index (κ1) is 16.4. The number of rotatable bonds is 4. The maximum absolute atomic E-state index is 12.8. The summed E-state index contributed by atoms with van der Waals surface area (Å²) >= 11 is 5.84. The monoisotopic (exact) mass is 327 g/mol. The number of alkyl halides is 3. The van der Waals surface area contributed by atoms with E-state index >= 15 is 0 Å². The van der Waals surface area contributed by atoms with Gasteiger partial charge in [0.05, 0.1) is 11.3 Å². The Morgan fingerprint density at radius 1 is 1.09 bits per heavy atom. The fourth-order valence-corrected chi connectivity index (χ4v) is 2.22. The van der Waals surface area contributed by atoms with Gasteiger partial charge in [-0.2, -0.15) is 13.2 Å². The third kappa shape index (κ3) is 4.49. The van der Waals surface area contributed by atoms with Gasteiger partial charge in [0.15, 0.2) is 0 Å². The maximum Gasteiger partial charge on any atom is 0.418 e. The van der Waals surface area contributed by atoms with Crippen molar-refractivity contribution >= 4 is 23.2 Å². The molecule has 116 valence electrons. The van der Waals surface area contributed by atoms with Crippen molar-refractivity contribution in [2.24, 2.45) is 0 Å². The van der Waals surface area contributed by atoms with Gasteiger partial charge in [0.25, 0.3) is 0 Å². The van der Waals surface area contributed by atoms with Crippen molar-refractivity contribution in [1.82, 2.24) is 0 Å². The second-order valence-corrected chi connectivity index (χ2v) is 5.16. The molecule has 2 aromatic carbocycles. The first-order valence-corrected chi connectivity index (χ1v) is 6.94. The minimum absolute atomic E-state index is 0.0759. The summed E-state index contributed by atoms with van der Waals surface area (Å²) in [5.74, 6) is -0.475. The molecule has 0 atom stereocenters. The topological polar surface area (TPSA) is 29.1 Å². The van der Waals surface area contributed by atoms with Gasteiger partial charge >= 0.3 is 6.18 Å². The highest BCUT2D eigenvalue weighted by Crippen LogP contribution is 2.34. The fraction of sp³-hybridized carbons (Fsp3) is 0.188. The third-order valence-corrected chi connectivity index (χ3v) is 3.27. The highest BCUT2D eigenvalue weighted by Gasteiger charge is 2.33. The van der Waals surface area contributed by atoms with E-state index in [1.807, 2.05) is 6.07 Å². The molecule has 0 fully saturated rings. The summed E-state index contributed by atoms with van der Waals surface area (Å²) in [6.07, 6.45) is -4.02. The number of hydrogen-bond donors (Lipinski definition) is 1. The molecule has 1 N–H and O–H groups in total. The van der Waals surface area contributed by atoms with Gasteiger partial charge in [-0.1, -0.05) is 35.9 Å². The van der Waals surface area contributed by atoms with E-state index in [2.05, 4.69) is 5.32 Å². The highest BCUT2D eigenvalue weighted by molar-refractivity contribution is 6.30. The van der Waals surface area contributed by atoms with Crippen LogP contribution in [-0.2, 0) is 17.4 Å². The molecule has 0 saturated carbocycles. The molecule has 1 amide bonds. The number of para-hydroxylation sites is 1. The summed E-state index contributed by atoms with van der Waals surface area (Å²) in [6, 6.07) is 11.9. The lowest BCUT2D eigenvalue weighted by atomic mass is 10.1. The molecule has 0 aliphatic carbocycles. The molecular formula is C16H13ClF3NO. The molecule has 0 heterocycles. The van der Waals surface area contributed by atoms with Crippen LogP contribution in [0.5, 0.6) is 0 Å². The molecule has 0 bridgehead atoms. The number of carbonyl (C=O) groups excluding carboxylic acids is 1. The largest absolute Gasteiger partial charge is 0.418 e. The summed E-state index contributed by atoms with van der Waals surface area (Å²) in [5.41, 5.74) is -0.232. The van der Waals surface area contributed by atoms with Crippen LogP contribution in [-0.4, -0.2) is 5.91 Å². The predicted molar refractivity (Wildman–Crippen MR) is 79.8 cm³/mol.